The lowest BCUT2D eigenvalue weighted by molar-refractivity contribution is -0.128. The zero-order chi connectivity index (χ0) is 48.0. The van der Waals surface area contributed by atoms with Gasteiger partial charge in [0.25, 0.3) is 0 Å². The van der Waals surface area contributed by atoms with E-state index in [-0.39, 0.29) is 74.4 Å². The normalized spacial score (nSPS) is 16.9. The van der Waals surface area contributed by atoms with E-state index in [4.69, 9.17) is 9.72 Å². The number of hydrogen-bond donors (Lipinski definition) is 3. The van der Waals surface area contributed by atoms with Gasteiger partial charge in [0, 0.05) is 44.0 Å². The van der Waals surface area contributed by atoms with Gasteiger partial charge in [-0.05, 0) is 83.2 Å². The molecule has 3 N–H and O–H groups in total. The number of nitrogens with one attached hydrogen (secondary N) is 1. The van der Waals surface area contributed by atoms with Gasteiger partial charge in [0.15, 0.2) is 0 Å². The summed E-state index contributed by atoms with van der Waals surface area (Å²) < 4.78 is 35.2. The maximum absolute atomic E-state index is 14.7. The van der Waals surface area contributed by atoms with Crippen LogP contribution in [0.15, 0.2) is 113 Å². The predicted octanol–water partition coefficient (Wildman–Crippen LogP) is 8.07. The van der Waals surface area contributed by atoms with Crippen LogP contribution >= 0.6 is 11.3 Å². The molecule has 1 saturated heterocycles. The fraction of sp³-hybridized carbons (Fsp3) is 0.423. The van der Waals surface area contributed by atoms with Crippen LogP contribution in [0.25, 0.3) is 11.1 Å². The number of fused-ring (bicyclic) bond motifs is 3. The van der Waals surface area contributed by atoms with Crippen molar-refractivity contribution >= 4 is 39.4 Å². The van der Waals surface area contributed by atoms with Gasteiger partial charge in [-0.1, -0.05) is 112 Å². The molecule has 5 aromatic rings. The number of aromatic nitrogens is 1. The average Bonchev–Trinajstić information content (AvgIpc) is 4.17. The first kappa shape index (κ1) is 48.6. The third kappa shape index (κ3) is 10.9. The van der Waals surface area contributed by atoms with Crippen molar-refractivity contribution in [2.75, 3.05) is 39.8 Å². The van der Waals surface area contributed by atoms with Crippen LogP contribution in [0.3, 0.4) is 0 Å². The van der Waals surface area contributed by atoms with E-state index >= 15 is 0 Å². The fourth-order valence-electron chi connectivity index (χ4n) is 10.1. The lowest BCUT2D eigenvalue weighted by Gasteiger charge is -2.35. The number of thiazole rings is 1. The maximum atomic E-state index is 14.7. The van der Waals surface area contributed by atoms with E-state index in [0.717, 1.165) is 53.5 Å². The molecule has 0 spiro atoms. The number of carbonyl (C=O) groups excluding carboxylic acids is 2. The lowest BCUT2D eigenvalue weighted by Crippen LogP contribution is -2.57. The van der Waals surface area contributed by atoms with Crippen molar-refractivity contribution in [3.8, 4) is 16.9 Å². The lowest BCUT2D eigenvalue weighted by atomic mass is 9.95. The Kier molecular flexibility index (Phi) is 15.5. The SMILES string of the molecule is CC[C@H](C)[C@@H](C(=O)N[C@@H](Cc1ccccc1)[C@H](O)CN(CC1CCCC1)S(=O)(=O)c1ccc(OC)cc1)N1CCN(Cc2csc(CN(CC3c4ccccc4-c4ccccc43)C(=O)O)n2)C1=O. The van der Waals surface area contributed by atoms with Gasteiger partial charge in [0.1, 0.15) is 16.8 Å². The summed E-state index contributed by atoms with van der Waals surface area (Å²) in [6.45, 7) is 5.08. The molecule has 4 amide bonds. The second-order valence-electron chi connectivity index (χ2n) is 18.4. The van der Waals surface area contributed by atoms with Gasteiger partial charge in [-0.15, -0.1) is 11.3 Å². The van der Waals surface area contributed by atoms with Crippen LogP contribution in [0, 0.1) is 11.8 Å². The van der Waals surface area contributed by atoms with E-state index in [1.165, 1.54) is 39.8 Å². The molecule has 0 unspecified atom stereocenters. The second kappa shape index (κ2) is 21.6. The molecule has 2 heterocycles. The highest BCUT2D eigenvalue weighted by molar-refractivity contribution is 7.89. The number of benzene rings is 4. The molecule has 1 aliphatic heterocycles. The number of methoxy groups -OCH3 is 1. The number of carboxylic acid groups (broad SMARTS) is 1. The largest absolute Gasteiger partial charge is 0.497 e. The summed E-state index contributed by atoms with van der Waals surface area (Å²) >= 11 is 1.35. The van der Waals surface area contributed by atoms with Crippen LogP contribution < -0.4 is 10.1 Å². The summed E-state index contributed by atoms with van der Waals surface area (Å²) in [5.74, 6) is -0.123. The zero-order valence-electron chi connectivity index (χ0n) is 38.9. The first-order valence-corrected chi connectivity index (χ1v) is 26.0. The van der Waals surface area contributed by atoms with Gasteiger partial charge in [0.2, 0.25) is 15.9 Å². The topological polar surface area (TPSA) is 173 Å². The third-order valence-electron chi connectivity index (χ3n) is 13.9. The molecular weight excluding hydrogens is 901 g/mol. The van der Waals surface area contributed by atoms with Crippen LogP contribution in [-0.2, 0) is 34.3 Å². The Labute approximate surface area is 403 Å². The predicted molar refractivity (Wildman–Crippen MR) is 262 cm³/mol. The molecule has 8 rings (SSSR count). The highest BCUT2D eigenvalue weighted by atomic mass is 32.2. The zero-order valence-corrected chi connectivity index (χ0v) is 40.6. The minimum absolute atomic E-state index is 0.0921. The molecule has 68 heavy (non-hydrogen) atoms. The molecular formula is C52H62N6O8S2. The smallest absolute Gasteiger partial charge is 0.407 e. The highest BCUT2D eigenvalue weighted by Gasteiger charge is 2.42. The van der Waals surface area contributed by atoms with E-state index < -0.39 is 40.2 Å². The molecule has 1 aromatic heterocycles. The quantitative estimate of drug-likeness (QED) is 0.0658. The summed E-state index contributed by atoms with van der Waals surface area (Å²) in [5, 5.41) is 28.1. The molecule has 0 radical (unpaired) electrons. The molecule has 2 fully saturated rings. The highest BCUT2D eigenvalue weighted by Crippen LogP contribution is 2.45. The minimum atomic E-state index is -4.05. The van der Waals surface area contributed by atoms with Crippen LogP contribution in [0.5, 0.6) is 5.75 Å². The molecule has 4 aromatic carbocycles. The first-order chi connectivity index (χ1) is 32.8. The van der Waals surface area contributed by atoms with Gasteiger partial charge >= 0.3 is 12.1 Å². The Hall–Kier alpha value is -5.81. The first-order valence-electron chi connectivity index (χ1n) is 23.7. The van der Waals surface area contributed by atoms with Gasteiger partial charge in [-0.3, -0.25) is 4.79 Å². The molecule has 2 aliphatic carbocycles. The maximum Gasteiger partial charge on any atom is 0.407 e. The Morgan fingerprint density at radius 3 is 2.19 bits per heavy atom. The Morgan fingerprint density at radius 1 is 0.912 bits per heavy atom. The summed E-state index contributed by atoms with van der Waals surface area (Å²) in [6.07, 6.45) is 2.31. The van der Waals surface area contributed by atoms with E-state index in [0.29, 0.717) is 29.4 Å². The number of rotatable bonds is 21. The molecule has 14 nitrogen and oxygen atoms in total. The number of aliphatic hydroxyl groups excluding tert-OH is 1. The number of nitrogens with zero attached hydrogens (tertiary/aromatic N) is 5. The number of urea groups is 1. The second-order valence-corrected chi connectivity index (χ2v) is 21.3. The molecule has 16 heteroatoms. The number of amides is 4. The minimum Gasteiger partial charge on any atom is -0.497 e. The van der Waals surface area contributed by atoms with Gasteiger partial charge in [-0.25, -0.2) is 23.0 Å². The summed E-state index contributed by atoms with van der Waals surface area (Å²) in [6, 6.07) is 29.8. The number of sulfonamides is 1. The molecule has 1 saturated carbocycles. The Balaban J connectivity index is 0.957. The molecule has 360 valence electrons. The van der Waals surface area contributed by atoms with Crippen LogP contribution in [0.2, 0.25) is 0 Å². The molecule has 4 atom stereocenters. The summed E-state index contributed by atoms with van der Waals surface area (Å²) in [7, 11) is -2.53. The van der Waals surface area contributed by atoms with Crippen molar-refractivity contribution in [2.24, 2.45) is 11.8 Å². The van der Waals surface area contributed by atoms with Crippen molar-refractivity contribution in [1.82, 2.24) is 29.3 Å². The van der Waals surface area contributed by atoms with Crippen molar-refractivity contribution in [1.29, 1.82) is 0 Å². The molecule has 3 aliphatic rings. The van der Waals surface area contributed by atoms with Crippen molar-refractivity contribution < 1.29 is 37.8 Å². The number of hydrogen-bond acceptors (Lipinski definition) is 9. The summed E-state index contributed by atoms with van der Waals surface area (Å²) in [5.41, 5.74) is 5.91. The van der Waals surface area contributed by atoms with Crippen LogP contribution in [-0.4, -0.2) is 119 Å². The standard InChI is InChI=1S/C52H62N6O8S2/c1-4-35(2)49(50(60)54-46(28-36-14-6-5-7-15-36)47(59)32-57(29-37-16-8-9-17-37)68(64,65)40-24-22-39(66-3)23-25-40)58-27-26-55(51(58)61)30-38-34-67-48(53-38)33-56(52(62)63)31-45-43-20-12-10-18-41(43)42-19-11-13-21-44(42)45/h5-7,10-15,18-25,34-35,37,45-47,49,59H,4,8-9,16-17,26-33H2,1-3H3,(H,54,60)(H,62,63)/t35-,46-,47+,49-/m0/s1. The van der Waals surface area contributed by atoms with Gasteiger partial charge < -0.3 is 35.0 Å². The van der Waals surface area contributed by atoms with Crippen molar-refractivity contribution in [2.45, 2.75) is 94.5 Å². The Bertz CT molecular complexity index is 2600. The van der Waals surface area contributed by atoms with E-state index in [9.17, 15) is 33.0 Å². The van der Waals surface area contributed by atoms with Gasteiger partial charge in [-0.2, -0.15) is 4.31 Å². The van der Waals surface area contributed by atoms with Crippen molar-refractivity contribution in [3.63, 3.8) is 0 Å². The van der Waals surface area contributed by atoms with Crippen LogP contribution in [0.4, 0.5) is 9.59 Å². The van der Waals surface area contributed by atoms with E-state index in [1.807, 2.05) is 73.8 Å². The van der Waals surface area contributed by atoms with Gasteiger partial charge in [0.05, 0.1) is 42.9 Å². The monoisotopic (exact) mass is 962 g/mol. The Morgan fingerprint density at radius 2 is 1.56 bits per heavy atom. The molecule has 0 bridgehead atoms. The van der Waals surface area contributed by atoms with Crippen LogP contribution in [0.1, 0.15) is 79.3 Å². The number of aliphatic hydroxyl groups is 1. The number of ether oxygens (including phenoxy) is 1. The average molecular weight is 963 g/mol. The number of carbonyl (C=O) groups is 3. The fourth-order valence-corrected chi connectivity index (χ4v) is 12.4. The third-order valence-corrected chi connectivity index (χ3v) is 16.7. The summed E-state index contributed by atoms with van der Waals surface area (Å²) in [4.78, 5) is 51.1. The van der Waals surface area contributed by atoms with E-state index in [1.54, 1.807) is 21.9 Å². The van der Waals surface area contributed by atoms with E-state index in [2.05, 4.69) is 29.6 Å². The van der Waals surface area contributed by atoms with Crippen molar-refractivity contribution in [3.05, 3.63) is 136 Å².